The van der Waals surface area contributed by atoms with E-state index in [9.17, 15) is 9.59 Å². The third kappa shape index (κ3) is 5.07. The molecule has 0 saturated heterocycles. The average Bonchev–Trinajstić information content (AvgIpc) is 2.81. The van der Waals surface area contributed by atoms with Crippen LogP contribution in [0.5, 0.6) is 0 Å². The maximum absolute atomic E-state index is 12.8. The number of aromatic nitrogens is 1. The van der Waals surface area contributed by atoms with E-state index < -0.39 is 0 Å². The Kier molecular flexibility index (Phi) is 6.68. The molecule has 7 heteroatoms. The van der Waals surface area contributed by atoms with Crippen LogP contribution in [0.4, 0.5) is 11.5 Å². The van der Waals surface area contributed by atoms with Gasteiger partial charge in [-0.2, -0.15) is 0 Å². The summed E-state index contributed by atoms with van der Waals surface area (Å²) in [7, 11) is 0. The van der Waals surface area contributed by atoms with E-state index in [1.165, 1.54) is 0 Å². The first-order chi connectivity index (χ1) is 15.5. The number of hydrogen-bond acceptors (Lipinski definition) is 4. The van der Waals surface area contributed by atoms with Crippen LogP contribution in [-0.4, -0.2) is 16.8 Å². The van der Waals surface area contributed by atoms with E-state index in [1.54, 1.807) is 54.7 Å². The normalized spacial score (nSPS) is 10.4. The van der Waals surface area contributed by atoms with Crippen LogP contribution in [0.3, 0.4) is 0 Å². The average molecular weight is 504 g/mol. The molecule has 3 aromatic carbocycles. The minimum absolute atomic E-state index is 0.308. The molecule has 32 heavy (non-hydrogen) atoms. The molecule has 5 nitrogen and oxygen atoms in total. The Bertz CT molecular complexity index is 1280. The summed E-state index contributed by atoms with van der Waals surface area (Å²) in [5.41, 5.74) is 3.19. The maximum Gasteiger partial charge on any atom is 0.258 e. The second-order valence-corrected chi connectivity index (χ2v) is 8.31. The first kappa shape index (κ1) is 21.8. The van der Waals surface area contributed by atoms with Crippen molar-refractivity contribution in [2.75, 3.05) is 10.6 Å². The zero-order valence-corrected chi connectivity index (χ0v) is 19.2. The number of amides is 2. The summed E-state index contributed by atoms with van der Waals surface area (Å²) in [5, 5.41) is 5.57. The van der Waals surface area contributed by atoms with Crippen LogP contribution in [-0.2, 0) is 0 Å². The van der Waals surface area contributed by atoms with Gasteiger partial charge in [0.2, 0.25) is 0 Å². The summed E-state index contributed by atoms with van der Waals surface area (Å²) >= 11 is 7.80. The highest BCUT2D eigenvalue weighted by Crippen LogP contribution is 2.26. The summed E-state index contributed by atoms with van der Waals surface area (Å²) in [5.74, 6) is -0.256. The number of carbonyl (C=O) groups is 2. The van der Waals surface area contributed by atoms with E-state index in [4.69, 9.17) is 0 Å². The van der Waals surface area contributed by atoms with E-state index in [0.717, 1.165) is 20.5 Å². The summed E-state index contributed by atoms with van der Waals surface area (Å²) in [6.45, 7) is 0. The first-order valence-electron chi connectivity index (χ1n) is 9.73. The van der Waals surface area contributed by atoms with Gasteiger partial charge in [0.1, 0.15) is 5.82 Å². The van der Waals surface area contributed by atoms with Gasteiger partial charge in [0.15, 0.2) is 0 Å². The van der Waals surface area contributed by atoms with E-state index >= 15 is 0 Å². The van der Waals surface area contributed by atoms with Gasteiger partial charge in [-0.05, 0) is 69.5 Å². The predicted molar refractivity (Wildman–Crippen MR) is 133 cm³/mol. The Labute approximate surface area is 199 Å². The Morgan fingerprint density at radius 3 is 2.22 bits per heavy atom. The summed E-state index contributed by atoms with van der Waals surface area (Å²) < 4.78 is 0.812. The summed E-state index contributed by atoms with van der Waals surface area (Å²) in [6.07, 6.45) is 1.60. The molecule has 0 bridgehead atoms. The van der Waals surface area contributed by atoms with Gasteiger partial charge in [-0.3, -0.25) is 9.59 Å². The molecule has 0 radical (unpaired) electrons. The Hall–Kier alpha value is -3.42. The fourth-order valence-electron chi connectivity index (χ4n) is 3.14. The van der Waals surface area contributed by atoms with Crippen molar-refractivity contribution in [1.29, 1.82) is 0 Å². The summed E-state index contributed by atoms with van der Waals surface area (Å²) in [6, 6.07) is 25.3. The van der Waals surface area contributed by atoms with Gasteiger partial charge in [-0.1, -0.05) is 42.5 Å². The van der Waals surface area contributed by atoms with E-state index in [1.807, 2.05) is 36.4 Å². The van der Waals surface area contributed by atoms with Gasteiger partial charge in [-0.25, -0.2) is 4.98 Å². The molecule has 0 atom stereocenters. The van der Waals surface area contributed by atoms with Crippen molar-refractivity contribution >= 4 is 51.9 Å². The van der Waals surface area contributed by atoms with Crippen LogP contribution in [0.2, 0.25) is 0 Å². The fraction of sp³-hybridized carbons (Fsp3) is 0. The largest absolute Gasteiger partial charge is 0.321 e. The van der Waals surface area contributed by atoms with Gasteiger partial charge >= 0.3 is 0 Å². The number of hydrogen-bond donors (Lipinski definition) is 3. The Morgan fingerprint density at radius 2 is 1.50 bits per heavy atom. The summed E-state index contributed by atoms with van der Waals surface area (Å²) in [4.78, 5) is 30.6. The van der Waals surface area contributed by atoms with Crippen LogP contribution >= 0.6 is 28.6 Å². The van der Waals surface area contributed by atoms with Crippen molar-refractivity contribution in [3.8, 4) is 11.1 Å². The number of anilines is 2. The molecular weight excluding hydrogens is 486 g/mol. The lowest BCUT2D eigenvalue weighted by Gasteiger charge is -2.12. The smallest absolute Gasteiger partial charge is 0.258 e. The minimum atomic E-state index is -0.364. The SMILES string of the molecule is O=C(Nc1ccccc1C(=O)Nc1ccc(Br)cn1)c1ccc(-c2ccccc2S)cc1. The van der Waals surface area contributed by atoms with Gasteiger partial charge in [-0.15, -0.1) is 12.6 Å². The Balaban J connectivity index is 1.51. The molecule has 1 aromatic heterocycles. The number of pyridine rings is 1. The predicted octanol–water partition coefficient (Wildman–Crippen LogP) is 6.30. The van der Waals surface area contributed by atoms with Crippen molar-refractivity contribution in [2.45, 2.75) is 4.90 Å². The third-order valence-electron chi connectivity index (χ3n) is 4.75. The lowest BCUT2D eigenvalue weighted by Crippen LogP contribution is -2.18. The van der Waals surface area contributed by atoms with E-state index in [2.05, 4.69) is 44.2 Å². The van der Waals surface area contributed by atoms with Crippen LogP contribution in [0.25, 0.3) is 11.1 Å². The highest BCUT2D eigenvalue weighted by molar-refractivity contribution is 9.10. The highest BCUT2D eigenvalue weighted by atomic mass is 79.9. The maximum atomic E-state index is 12.8. The van der Waals surface area contributed by atoms with Crippen molar-refractivity contribution < 1.29 is 9.59 Å². The number of nitrogens with one attached hydrogen (secondary N) is 2. The molecular formula is C25H18BrN3O2S. The van der Waals surface area contributed by atoms with Crippen molar-refractivity contribution in [3.05, 3.63) is 107 Å². The fourth-order valence-corrected chi connectivity index (χ4v) is 3.66. The molecule has 2 amide bonds. The first-order valence-corrected chi connectivity index (χ1v) is 11.0. The molecule has 0 aliphatic heterocycles. The van der Waals surface area contributed by atoms with Gasteiger partial charge in [0, 0.05) is 21.1 Å². The van der Waals surface area contributed by atoms with Gasteiger partial charge in [0.25, 0.3) is 11.8 Å². The van der Waals surface area contributed by atoms with Crippen LogP contribution < -0.4 is 10.6 Å². The van der Waals surface area contributed by atoms with Crippen LogP contribution in [0.1, 0.15) is 20.7 Å². The molecule has 0 saturated carbocycles. The van der Waals surface area contributed by atoms with Crippen LogP contribution in [0.15, 0.2) is 100 Å². The zero-order valence-electron chi connectivity index (χ0n) is 16.7. The van der Waals surface area contributed by atoms with Crippen molar-refractivity contribution in [3.63, 3.8) is 0 Å². The molecule has 1 heterocycles. The van der Waals surface area contributed by atoms with E-state index in [0.29, 0.717) is 22.6 Å². The lowest BCUT2D eigenvalue weighted by molar-refractivity contribution is 0.102. The molecule has 0 aliphatic carbocycles. The molecule has 4 aromatic rings. The molecule has 4 rings (SSSR count). The molecule has 0 spiro atoms. The number of thiol groups is 1. The number of para-hydroxylation sites is 1. The zero-order chi connectivity index (χ0) is 22.5. The molecule has 2 N–H and O–H groups in total. The standard InChI is InChI=1S/C25H18BrN3O2S/c26-18-13-14-23(27-15-18)29-25(31)20-6-1-3-7-21(20)28-24(30)17-11-9-16(10-12-17)19-5-2-4-8-22(19)32/h1-15,32H,(H,28,30)(H,27,29,31). The van der Waals surface area contributed by atoms with Gasteiger partial charge in [0.05, 0.1) is 11.3 Å². The second-order valence-electron chi connectivity index (χ2n) is 6.91. The van der Waals surface area contributed by atoms with Gasteiger partial charge < -0.3 is 10.6 Å². The van der Waals surface area contributed by atoms with Crippen molar-refractivity contribution in [1.82, 2.24) is 4.98 Å². The second kappa shape index (κ2) is 9.80. The van der Waals surface area contributed by atoms with E-state index in [-0.39, 0.29) is 11.8 Å². The topological polar surface area (TPSA) is 71.1 Å². The lowest BCUT2D eigenvalue weighted by atomic mass is 10.0. The molecule has 0 fully saturated rings. The minimum Gasteiger partial charge on any atom is -0.321 e. The molecule has 0 unspecified atom stereocenters. The molecule has 158 valence electrons. The number of benzene rings is 3. The third-order valence-corrected chi connectivity index (χ3v) is 5.61. The van der Waals surface area contributed by atoms with Crippen LogP contribution in [0, 0.1) is 0 Å². The highest BCUT2D eigenvalue weighted by Gasteiger charge is 2.15. The number of halogens is 1. The number of nitrogens with zero attached hydrogens (tertiary/aromatic N) is 1. The monoisotopic (exact) mass is 503 g/mol. The number of carbonyl (C=O) groups excluding carboxylic acids is 2. The van der Waals surface area contributed by atoms with Crippen molar-refractivity contribution in [2.24, 2.45) is 0 Å². The Morgan fingerprint density at radius 1 is 0.781 bits per heavy atom. The quantitative estimate of drug-likeness (QED) is 0.279. The molecule has 0 aliphatic rings. The number of rotatable bonds is 5.